The van der Waals surface area contributed by atoms with Crippen LogP contribution in [-0.2, 0) is 9.53 Å². The van der Waals surface area contributed by atoms with Crippen molar-refractivity contribution in [1.29, 1.82) is 0 Å². The predicted molar refractivity (Wildman–Crippen MR) is 43.9 cm³/mol. The monoisotopic (exact) mass is 184 g/mol. The number of ether oxygens (including phenoxy) is 2. The van der Waals surface area contributed by atoms with Gasteiger partial charge in [-0.1, -0.05) is 12.1 Å². The lowest BCUT2D eigenvalue weighted by Crippen LogP contribution is -2.14. The van der Waals surface area contributed by atoms with Gasteiger partial charge in [-0.15, -0.1) is 0 Å². The van der Waals surface area contributed by atoms with E-state index in [0.717, 1.165) is 0 Å². The van der Waals surface area contributed by atoms with Gasteiger partial charge in [0.25, 0.3) is 0 Å². The van der Waals surface area contributed by atoms with E-state index >= 15 is 0 Å². The molecule has 1 rings (SSSR count). The van der Waals surface area contributed by atoms with E-state index < -0.39 is 11.8 Å². The topological polar surface area (TPSA) is 35.5 Å². The van der Waals surface area contributed by atoms with Gasteiger partial charge < -0.3 is 9.47 Å². The van der Waals surface area contributed by atoms with E-state index in [2.05, 4.69) is 9.47 Å². The first-order valence-electron chi connectivity index (χ1n) is 3.68. The van der Waals surface area contributed by atoms with Crippen molar-refractivity contribution in [2.24, 2.45) is 0 Å². The molecule has 0 saturated carbocycles. The Morgan fingerprint density at radius 2 is 2.15 bits per heavy atom. The summed E-state index contributed by atoms with van der Waals surface area (Å²) in [4.78, 5) is 10.9. The van der Waals surface area contributed by atoms with Gasteiger partial charge in [-0.2, -0.15) is 0 Å². The molecule has 0 amide bonds. The van der Waals surface area contributed by atoms with Gasteiger partial charge in [0.15, 0.2) is 11.6 Å². The third-order valence-electron chi connectivity index (χ3n) is 1.32. The number of halogens is 1. The molecule has 3 nitrogen and oxygen atoms in total. The summed E-state index contributed by atoms with van der Waals surface area (Å²) >= 11 is 0. The third-order valence-corrected chi connectivity index (χ3v) is 1.32. The van der Waals surface area contributed by atoms with Crippen LogP contribution in [-0.4, -0.2) is 19.7 Å². The highest BCUT2D eigenvalue weighted by atomic mass is 19.1. The van der Waals surface area contributed by atoms with Crippen LogP contribution >= 0.6 is 0 Å². The molecule has 0 saturated heterocycles. The Balaban J connectivity index is 2.63. The molecule has 0 radical (unpaired) electrons. The van der Waals surface area contributed by atoms with E-state index in [-0.39, 0.29) is 12.4 Å². The van der Waals surface area contributed by atoms with Gasteiger partial charge in [-0.25, -0.2) is 9.18 Å². The maximum Gasteiger partial charge on any atom is 0.337 e. The zero-order chi connectivity index (χ0) is 9.68. The van der Waals surface area contributed by atoms with Crippen LogP contribution < -0.4 is 4.74 Å². The molecule has 1 aromatic rings. The second kappa shape index (κ2) is 4.57. The van der Waals surface area contributed by atoms with Gasteiger partial charge in [0.1, 0.15) is 6.61 Å². The molecule has 0 aromatic heterocycles. The zero-order valence-electron chi connectivity index (χ0n) is 7.12. The summed E-state index contributed by atoms with van der Waals surface area (Å²) in [6.45, 7) is -0.186. The highest BCUT2D eigenvalue weighted by molar-refractivity contribution is 5.73. The van der Waals surface area contributed by atoms with Crippen LogP contribution in [0.2, 0.25) is 0 Å². The number of benzene rings is 1. The van der Waals surface area contributed by atoms with Gasteiger partial charge in [0.05, 0.1) is 0 Å². The third kappa shape index (κ3) is 2.83. The van der Waals surface area contributed by atoms with Gasteiger partial charge >= 0.3 is 5.97 Å². The molecule has 0 bridgehead atoms. The van der Waals surface area contributed by atoms with Gasteiger partial charge in [0.2, 0.25) is 0 Å². The molecule has 0 aliphatic heterocycles. The number of hydrogen-bond acceptors (Lipinski definition) is 3. The van der Waals surface area contributed by atoms with E-state index in [1.54, 1.807) is 6.07 Å². The number of para-hydroxylation sites is 1. The van der Waals surface area contributed by atoms with Crippen LogP contribution in [0, 0.1) is 5.82 Å². The second-order valence-corrected chi connectivity index (χ2v) is 2.34. The van der Waals surface area contributed by atoms with Crippen LogP contribution in [0.1, 0.15) is 0 Å². The van der Waals surface area contributed by atoms with Crippen molar-refractivity contribution in [3.05, 3.63) is 30.1 Å². The molecule has 0 spiro atoms. The summed E-state index contributed by atoms with van der Waals surface area (Å²) < 4.78 is 22.0. The minimum absolute atomic E-state index is 0.0791. The molecule has 4 heteroatoms. The number of carbonyl (C=O) groups excluding carboxylic acids is 1. The quantitative estimate of drug-likeness (QED) is 0.525. The molecule has 0 heterocycles. The van der Waals surface area contributed by atoms with Crippen molar-refractivity contribution < 1.29 is 18.7 Å². The second-order valence-electron chi connectivity index (χ2n) is 2.34. The molecule has 0 aliphatic carbocycles. The molecule has 1 aromatic carbocycles. The number of methoxy groups -OCH3 is 1. The maximum atomic E-state index is 12.9. The van der Waals surface area contributed by atoms with Gasteiger partial charge in [0, 0.05) is 7.11 Å². The van der Waals surface area contributed by atoms with Gasteiger partial charge in [-0.05, 0) is 12.1 Å². The number of hydrogen-bond donors (Lipinski definition) is 0. The number of rotatable bonds is 3. The summed E-state index contributed by atoms with van der Waals surface area (Å²) in [7, 11) is 1.36. The Kier molecular flexibility index (Phi) is 3.40. The molecule has 0 atom stereocenters. The van der Waals surface area contributed by atoms with Crippen molar-refractivity contribution in [2.45, 2.75) is 0 Å². The summed E-state index contributed by atoms with van der Waals surface area (Å²) in [6, 6.07) is 5.69. The fourth-order valence-electron chi connectivity index (χ4n) is 0.797. The molecule has 0 fully saturated rings. The van der Waals surface area contributed by atoms with Crippen molar-refractivity contribution >= 4 is 5.97 Å². The lowest BCUT2D eigenvalue weighted by Gasteiger charge is -2.03. The van der Waals surface area contributed by atoms with Crippen molar-refractivity contribution in [1.82, 2.24) is 0 Å². The molecule has 0 N–H and O–H groups in total. The highest BCUT2D eigenvalue weighted by Gasteiger charge is 2.07. The first-order valence-corrected chi connectivity index (χ1v) is 3.68. The zero-order valence-corrected chi connectivity index (χ0v) is 7.12. The van der Waals surface area contributed by atoms with Crippen molar-refractivity contribution in [3.63, 3.8) is 0 Å². The largest absolute Gasteiger partial charge is 0.422 e. The first kappa shape index (κ1) is 9.67. The van der Waals surface area contributed by atoms with Gasteiger partial charge in [-0.3, -0.25) is 0 Å². The molecule has 70 valence electrons. The smallest absolute Gasteiger partial charge is 0.337 e. The van der Waals surface area contributed by atoms with Crippen LogP contribution in [0.4, 0.5) is 4.39 Å². The molecular formula is C9H9FO3. The minimum atomic E-state index is -0.618. The van der Waals surface area contributed by atoms with E-state index in [4.69, 9.17) is 0 Å². The first-order chi connectivity index (χ1) is 6.24. The predicted octanol–water partition coefficient (Wildman–Crippen LogP) is 1.38. The lowest BCUT2D eigenvalue weighted by atomic mass is 10.3. The van der Waals surface area contributed by atoms with E-state index in [1.165, 1.54) is 25.3 Å². The summed E-state index contributed by atoms with van der Waals surface area (Å²) in [5.74, 6) is -1.26. The van der Waals surface area contributed by atoms with Crippen LogP contribution in [0.5, 0.6) is 5.75 Å². The molecule has 0 unspecified atom stereocenters. The Hall–Kier alpha value is -1.42. The van der Waals surface area contributed by atoms with Crippen molar-refractivity contribution in [3.8, 4) is 5.75 Å². The lowest BCUT2D eigenvalue weighted by molar-refractivity contribution is -0.138. The fourth-order valence-corrected chi connectivity index (χ4v) is 0.797. The molecule has 13 heavy (non-hydrogen) atoms. The number of carbonyl (C=O) groups is 1. The Bertz CT molecular complexity index is 299. The Morgan fingerprint density at radius 1 is 1.46 bits per heavy atom. The minimum Gasteiger partial charge on any atom is -0.422 e. The average molecular weight is 184 g/mol. The van der Waals surface area contributed by atoms with E-state index in [0.29, 0.717) is 0 Å². The van der Waals surface area contributed by atoms with E-state index in [9.17, 15) is 9.18 Å². The van der Waals surface area contributed by atoms with Crippen LogP contribution in [0.25, 0.3) is 0 Å². The van der Waals surface area contributed by atoms with E-state index in [1.807, 2.05) is 0 Å². The summed E-state index contributed by atoms with van der Waals surface area (Å²) in [5.41, 5.74) is 0. The normalized spacial score (nSPS) is 9.69. The number of esters is 1. The molecule has 0 aliphatic rings. The molecular weight excluding hydrogens is 175 g/mol. The Labute approximate surface area is 75.1 Å². The Morgan fingerprint density at radius 3 is 2.77 bits per heavy atom. The highest BCUT2D eigenvalue weighted by Crippen LogP contribution is 2.15. The average Bonchev–Trinajstić information content (AvgIpc) is 2.09. The summed E-state index contributed by atoms with van der Waals surface area (Å²) in [5, 5.41) is 0. The fraction of sp³-hybridized carbons (Fsp3) is 0.222. The van der Waals surface area contributed by atoms with Crippen molar-refractivity contribution in [2.75, 3.05) is 13.7 Å². The van der Waals surface area contributed by atoms with Crippen LogP contribution in [0.3, 0.4) is 0 Å². The summed E-state index contributed by atoms with van der Waals surface area (Å²) in [6.07, 6.45) is 0. The standard InChI is InChI=1S/C9H9FO3/c1-12-6-9(11)13-8-5-3-2-4-7(8)10/h2-5H,6H2,1H3. The van der Waals surface area contributed by atoms with Crippen LogP contribution in [0.15, 0.2) is 24.3 Å². The SMILES string of the molecule is COCC(=O)Oc1ccccc1F. The maximum absolute atomic E-state index is 12.9.